The van der Waals surface area contributed by atoms with Gasteiger partial charge in [0.05, 0.1) is 4.90 Å². The summed E-state index contributed by atoms with van der Waals surface area (Å²) in [7, 11) is -3.36. The first kappa shape index (κ1) is 17.4. The molecule has 2 heterocycles. The zero-order chi connectivity index (χ0) is 17.0. The second kappa shape index (κ2) is 7.63. The highest BCUT2D eigenvalue weighted by molar-refractivity contribution is 9.10. The number of anilines is 1. The lowest BCUT2D eigenvalue weighted by molar-refractivity contribution is 0.346. The van der Waals surface area contributed by atoms with Crippen LogP contribution < -0.4 is 5.32 Å². The number of rotatable bonds is 5. The zero-order valence-electron chi connectivity index (χ0n) is 13.3. The van der Waals surface area contributed by atoms with Crippen LogP contribution in [0.5, 0.6) is 0 Å². The van der Waals surface area contributed by atoms with Gasteiger partial charge in [0, 0.05) is 30.3 Å². The summed E-state index contributed by atoms with van der Waals surface area (Å²) >= 11 is 3.35. The summed E-state index contributed by atoms with van der Waals surface area (Å²) in [5.41, 5.74) is 1.01. The largest absolute Gasteiger partial charge is 0.366 e. The normalized spacial score (nSPS) is 16.0. The maximum absolute atomic E-state index is 12.6. The molecule has 128 valence electrons. The molecule has 0 amide bonds. The van der Waals surface area contributed by atoms with E-state index in [1.165, 1.54) is 0 Å². The van der Waals surface area contributed by atoms with E-state index in [0.717, 1.165) is 35.1 Å². The molecular weight excluding hydrogens is 390 g/mol. The van der Waals surface area contributed by atoms with Crippen molar-refractivity contribution in [2.75, 3.05) is 18.4 Å². The van der Waals surface area contributed by atoms with Gasteiger partial charge in [0.2, 0.25) is 10.0 Å². The Morgan fingerprint density at radius 2 is 1.75 bits per heavy atom. The van der Waals surface area contributed by atoms with Crippen LogP contribution in [-0.4, -0.2) is 30.8 Å². The number of pyridine rings is 1. The van der Waals surface area contributed by atoms with Crippen molar-refractivity contribution in [3.05, 3.63) is 52.6 Å². The molecule has 0 atom stereocenters. The number of hydrogen-bond acceptors (Lipinski definition) is 4. The number of sulfonamides is 1. The van der Waals surface area contributed by atoms with Crippen LogP contribution in [0, 0.1) is 0 Å². The lowest BCUT2D eigenvalue weighted by Crippen LogP contribution is -2.35. The van der Waals surface area contributed by atoms with Crippen LogP contribution in [0.1, 0.15) is 24.8 Å². The Morgan fingerprint density at radius 1 is 1.04 bits per heavy atom. The maximum Gasteiger partial charge on any atom is 0.243 e. The predicted octanol–water partition coefficient (Wildman–Crippen LogP) is 3.63. The summed E-state index contributed by atoms with van der Waals surface area (Å²) in [6, 6.07) is 10.9. The topological polar surface area (TPSA) is 62.3 Å². The van der Waals surface area contributed by atoms with Crippen molar-refractivity contribution < 1.29 is 8.42 Å². The summed E-state index contributed by atoms with van der Waals surface area (Å²) in [4.78, 5) is 4.62. The van der Waals surface area contributed by atoms with E-state index < -0.39 is 10.0 Å². The van der Waals surface area contributed by atoms with E-state index >= 15 is 0 Å². The molecule has 0 aliphatic carbocycles. The Morgan fingerprint density at radius 3 is 2.38 bits per heavy atom. The Labute approximate surface area is 151 Å². The van der Waals surface area contributed by atoms with Crippen molar-refractivity contribution in [3.8, 4) is 0 Å². The molecule has 0 saturated carbocycles. The molecule has 0 unspecified atom stereocenters. The van der Waals surface area contributed by atoms with E-state index in [1.54, 1.807) is 22.6 Å². The van der Waals surface area contributed by atoms with Gasteiger partial charge in [0.25, 0.3) is 0 Å². The molecule has 24 heavy (non-hydrogen) atoms. The molecule has 5 nitrogen and oxygen atoms in total. The first-order valence-electron chi connectivity index (χ1n) is 8.00. The van der Waals surface area contributed by atoms with Crippen LogP contribution in [0.2, 0.25) is 0 Å². The molecule has 1 N–H and O–H groups in total. The van der Waals surface area contributed by atoms with Crippen molar-refractivity contribution >= 4 is 31.8 Å². The van der Waals surface area contributed by atoms with Gasteiger partial charge in [0.1, 0.15) is 5.82 Å². The number of nitrogens with zero attached hydrogens (tertiary/aromatic N) is 2. The molecule has 3 rings (SSSR count). The number of nitrogens with one attached hydrogen (secondary N) is 1. The first-order chi connectivity index (χ1) is 11.6. The maximum atomic E-state index is 12.6. The minimum atomic E-state index is -3.36. The van der Waals surface area contributed by atoms with Crippen molar-refractivity contribution in [1.82, 2.24) is 9.29 Å². The van der Waals surface area contributed by atoms with Crippen LogP contribution in [0.15, 0.2) is 52.0 Å². The van der Waals surface area contributed by atoms with Crippen LogP contribution >= 0.6 is 15.9 Å². The first-order valence-corrected chi connectivity index (χ1v) is 10.2. The predicted molar refractivity (Wildman–Crippen MR) is 98.3 cm³/mol. The zero-order valence-corrected chi connectivity index (χ0v) is 15.7. The minimum absolute atomic E-state index is 0.370. The molecule has 1 aromatic carbocycles. The molecule has 0 bridgehead atoms. The fourth-order valence-corrected chi connectivity index (χ4v) is 4.46. The quantitative estimate of drug-likeness (QED) is 0.818. The highest BCUT2D eigenvalue weighted by Gasteiger charge is 2.25. The summed E-state index contributed by atoms with van der Waals surface area (Å²) in [5.74, 6) is 0.781. The standard InChI is InChI=1S/C17H20BrN3O2S/c18-15-6-9-17(20-13-15)19-12-14-4-7-16(8-5-14)24(22,23)21-10-2-1-3-11-21/h4-9,13H,1-3,10-12H2,(H,19,20). The summed E-state index contributed by atoms with van der Waals surface area (Å²) in [5, 5.41) is 3.22. The van der Waals surface area contributed by atoms with Crippen molar-refractivity contribution in [1.29, 1.82) is 0 Å². The van der Waals surface area contributed by atoms with E-state index in [-0.39, 0.29) is 0 Å². The van der Waals surface area contributed by atoms with Crippen LogP contribution in [-0.2, 0) is 16.6 Å². The highest BCUT2D eigenvalue weighted by atomic mass is 79.9. The lowest BCUT2D eigenvalue weighted by Gasteiger charge is -2.25. The third-order valence-corrected chi connectivity index (χ3v) is 6.46. The van der Waals surface area contributed by atoms with E-state index in [0.29, 0.717) is 24.5 Å². The number of benzene rings is 1. The molecule has 0 spiro atoms. The van der Waals surface area contributed by atoms with Gasteiger partial charge >= 0.3 is 0 Å². The summed E-state index contributed by atoms with van der Waals surface area (Å²) < 4.78 is 27.7. The molecule has 0 radical (unpaired) electrons. The SMILES string of the molecule is O=S(=O)(c1ccc(CNc2ccc(Br)cn2)cc1)N1CCCCC1. The molecular formula is C17H20BrN3O2S. The molecule has 1 aromatic heterocycles. The Balaban J connectivity index is 1.65. The van der Waals surface area contributed by atoms with Crippen molar-refractivity contribution in [3.63, 3.8) is 0 Å². The smallest absolute Gasteiger partial charge is 0.243 e. The molecule has 7 heteroatoms. The van der Waals surface area contributed by atoms with Crippen LogP contribution in [0.25, 0.3) is 0 Å². The van der Waals surface area contributed by atoms with Crippen LogP contribution in [0.3, 0.4) is 0 Å². The second-order valence-electron chi connectivity index (χ2n) is 5.82. The fourth-order valence-electron chi connectivity index (χ4n) is 2.71. The highest BCUT2D eigenvalue weighted by Crippen LogP contribution is 2.21. The third kappa shape index (κ3) is 4.15. The summed E-state index contributed by atoms with van der Waals surface area (Å²) in [6.07, 6.45) is 4.74. The van der Waals surface area contributed by atoms with Gasteiger partial charge in [-0.15, -0.1) is 0 Å². The molecule has 2 aromatic rings. The molecule has 1 aliphatic heterocycles. The average molecular weight is 410 g/mol. The van der Waals surface area contributed by atoms with Gasteiger partial charge in [-0.1, -0.05) is 18.6 Å². The summed E-state index contributed by atoms with van der Waals surface area (Å²) in [6.45, 7) is 1.85. The fraction of sp³-hybridized carbons (Fsp3) is 0.353. The number of halogens is 1. The van der Waals surface area contributed by atoms with Gasteiger partial charge in [-0.2, -0.15) is 4.31 Å². The van der Waals surface area contributed by atoms with E-state index in [9.17, 15) is 8.42 Å². The van der Waals surface area contributed by atoms with E-state index in [4.69, 9.17) is 0 Å². The monoisotopic (exact) mass is 409 g/mol. The van der Waals surface area contributed by atoms with Gasteiger partial charge in [0.15, 0.2) is 0 Å². The van der Waals surface area contributed by atoms with Crippen molar-refractivity contribution in [2.45, 2.75) is 30.7 Å². The number of piperidine rings is 1. The molecule has 1 saturated heterocycles. The second-order valence-corrected chi connectivity index (χ2v) is 8.68. The average Bonchev–Trinajstić information content (AvgIpc) is 2.62. The van der Waals surface area contributed by atoms with Gasteiger partial charge in [-0.05, 0) is 58.6 Å². The van der Waals surface area contributed by atoms with E-state index in [2.05, 4.69) is 26.2 Å². The van der Waals surface area contributed by atoms with Crippen LogP contribution in [0.4, 0.5) is 5.82 Å². The third-order valence-electron chi connectivity index (χ3n) is 4.08. The lowest BCUT2D eigenvalue weighted by atomic mass is 10.2. The van der Waals surface area contributed by atoms with E-state index in [1.807, 2.05) is 24.3 Å². The Kier molecular flexibility index (Phi) is 5.53. The Hall–Kier alpha value is -1.44. The number of aromatic nitrogens is 1. The molecule has 1 fully saturated rings. The van der Waals surface area contributed by atoms with Crippen molar-refractivity contribution in [2.24, 2.45) is 0 Å². The minimum Gasteiger partial charge on any atom is -0.366 e. The van der Waals surface area contributed by atoms with Gasteiger partial charge < -0.3 is 5.32 Å². The Bertz CT molecular complexity index is 770. The number of hydrogen-bond donors (Lipinski definition) is 1. The molecule has 1 aliphatic rings. The van der Waals surface area contributed by atoms with Gasteiger partial charge in [-0.25, -0.2) is 13.4 Å². The van der Waals surface area contributed by atoms with Gasteiger partial charge in [-0.3, -0.25) is 0 Å².